The van der Waals surface area contributed by atoms with Gasteiger partial charge in [-0.2, -0.15) is 0 Å². The Morgan fingerprint density at radius 1 is 0.964 bits per heavy atom. The third-order valence-corrected chi connectivity index (χ3v) is 5.36. The maximum atomic E-state index is 12.4. The Hall–Kier alpha value is -2.91. The van der Waals surface area contributed by atoms with E-state index in [0.29, 0.717) is 23.5 Å². The second-order valence-corrected chi connectivity index (χ2v) is 7.61. The summed E-state index contributed by atoms with van der Waals surface area (Å²) in [5.74, 6) is -0.492. The standard InChI is InChI=1S/C19H23N3O5S/c1-4-20-28(25,26)16-11-6-13(3)17(12-16)19(24)22-21-18(23)14-7-9-15(10-8-14)27-5-2/h6-12,20H,4-5H2,1-3H3,(H,21,23)(H,22,24). The fraction of sp³-hybridized carbons (Fsp3) is 0.263. The number of carbonyl (C=O) groups excluding carboxylic acids is 2. The molecular formula is C19H23N3O5S. The highest BCUT2D eigenvalue weighted by atomic mass is 32.2. The van der Waals surface area contributed by atoms with Crippen LogP contribution in [0.15, 0.2) is 47.4 Å². The summed E-state index contributed by atoms with van der Waals surface area (Å²) < 4.78 is 31.9. The number of ether oxygens (including phenoxy) is 1. The Balaban J connectivity index is 2.09. The van der Waals surface area contributed by atoms with E-state index in [1.54, 1.807) is 38.1 Å². The number of hydrogen-bond acceptors (Lipinski definition) is 5. The molecule has 0 saturated carbocycles. The topological polar surface area (TPSA) is 114 Å². The Morgan fingerprint density at radius 2 is 1.61 bits per heavy atom. The van der Waals surface area contributed by atoms with Crippen molar-refractivity contribution in [2.75, 3.05) is 13.2 Å². The number of benzene rings is 2. The van der Waals surface area contributed by atoms with Crippen molar-refractivity contribution in [2.24, 2.45) is 0 Å². The van der Waals surface area contributed by atoms with Crippen LogP contribution in [-0.2, 0) is 10.0 Å². The van der Waals surface area contributed by atoms with Gasteiger partial charge in [-0.3, -0.25) is 20.4 Å². The van der Waals surface area contributed by atoms with Crippen molar-refractivity contribution >= 4 is 21.8 Å². The van der Waals surface area contributed by atoms with Gasteiger partial charge in [0.05, 0.1) is 11.5 Å². The fourth-order valence-electron chi connectivity index (χ4n) is 2.41. The molecule has 0 aliphatic rings. The van der Waals surface area contributed by atoms with Crippen LogP contribution >= 0.6 is 0 Å². The van der Waals surface area contributed by atoms with Gasteiger partial charge in [0.15, 0.2) is 0 Å². The lowest BCUT2D eigenvalue weighted by Crippen LogP contribution is -2.42. The normalized spacial score (nSPS) is 11.0. The molecule has 0 bridgehead atoms. The minimum atomic E-state index is -3.70. The van der Waals surface area contributed by atoms with Gasteiger partial charge in [-0.25, -0.2) is 13.1 Å². The molecule has 0 fully saturated rings. The number of rotatable bonds is 7. The molecule has 0 radical (unpaired) electrons. The van der Waals surface area contributed by atoms with Crippen LogP contribution in [0.25, 0.3) is 0 Å². The molecule has 3 N–H and O–H groups in total. The zero-order chi connectivity index (χ0) is 20.7. The first-order valence-electron chi connectivity index (χ1n) is 8.72. The minimum absolute atomic E-state index is 0.0251. The lowest BCUT2D eigenvalue weighted by molar-refractivity contribution is 0.0846. The summed E-state index contributed by atoms with van der Waals surface area (Å²) in [6.45, 7) is 5.94. The predicted molar refractivity (Wildman–Crippen MR) is 105 cm³/mol. The van der Waals surface area contributed by atoms with Crippen LogP contribution < -0.4 is 20.3 Å². The van der Waals surface area contributed by atoms with Crippen molar-refractivity contribution in [3.63, 3.8) is 0 Å². The smallest absolute Gasteiger partial charge is 0.270 e. The molecule has 0 spiro atoms. The van der Waals surface area contributed by atoms with E-state index in [9.17, 15) is 18.0 Å². The van der Waals surface area contributed by atoms with Crippen molar-refractivity contribution in [2.45, 2.75) is 25.7 Å². The first-order valence-corrected chi connectivity index (χ1v) is 10.2. The molecule has 28 heavy (non-hydrogen) atoms. The van der Waals surface area contributed by atoms with Gasteiger partial charge >= 0.3 is 0 Å². The minimum Gasteiger partial charge on any atom is -0.494 e. The second kappa shape index (κ2) is 9.34. The van der Waals surface area contributed by atoms with E-state index in [1.165, 1.54) is 18.2 Å². The van der Waals surface area contributed by atoms with Gasteiger partial charge in [0, 0.05) is 17.7 Å². The molecule has 0 aromatic heterocycles. The SMILES string of the molecule is CCNS(=O)(=O)c1ccc(C)c(C(=O)NNC(=O)c2ccc(OCC)cc2)c1. The van der Waals surface area contributed by atoms with E-state index < -0.39 is 21.8 Å². The number of hydrogen-bond donors (Lipinski definition) is 3. The number of sulfonamides is 1. The van der Waals surface area contributed by atoms with Crippen molar-refractivity contribution < 1.29 is 22.7 Å². The lowest BCUT2D eigenvalue weighted by Gasteiger charge is -2.11. The largest absolute Gasteiger partial charge is 0.494 e. The molecule has 0 unspecified atom stereocenters. The van der Waals surface area contributed by atoms with Gasteiger partial charge < -0.3 is 4.74 Å². The van der Waals surface area contributed by atoms with E-state index >= 15 is 0 Å². The van der Waals surface area contributed by atoms with Crippen LogP contribution in [0.5, 0.6) is 5.75 Å². The average molecular weight is 405 g/mol. The Morgan fingerprint density at radius 3 is 2.21 bits per heavy atom. The number of nitrogens with one attached hydrogen (secondary N) is 3. The Labute approximate surface area is 164 Å². The van der Waals surface area contributed by atoms with Crippen molar-refractivity contribution in [3.05, 3.63) is 59.2 Å². The molecule has 9 heteroatoms. The number of aryl methyl sites for hydroxylation is 1. The Bertz CT molecular complexity index is 956. The van der Waals surface area contributed by atoms with E-state index in [2.05, 4.69) is 15.6 Å². The second-order valence-electron chi connectivity index (χ2n) is 5.84. The van der Waals surface area contributed by atoms with Crippen molar-refractivity contribution in [1.82, 2.24) is 15.6 Å². The first-order chi connectivity index (χ1) is 13.3. The Kier molecular flexibility index (Phi) is 7.13. The molecule has 0 aliphatic carbocycles. The van der Waals surface area contributed by atoms with Crippen LogP contribution in [-0.4, -0.2) is 33.4 Å². The van der Waals surface area contributed by atoms with Crippen molar-refractivity contribution in [1.29, 1.82) is 0 Å². The molecule has 2 amide bonds. The summed E-state index contributed by atoms with van der Waals surface area (Å²) >= 11 is 0. The van der Waals surface area contributed by atoms with Gasteiger partial charge in [0.1, 0.15) is 5.75 Å². The molecule has 2 aromatic carbocycles. The van der Waals surface area contributed by atoms with Crippen LogP contribution in [0.1, 0.15) is 40.1 Å². The number of carbonyl (C=O) groups is 2. The van der Waals surface area contributed by atoms with Gasteiger partial charge in [0.25, 0.3) is 11.8 Å². The monoisotopic (exact) mass is 405 g/mol. The summed E-state index contributed by atoms with van der Waals surface area (Å²) in [5, 5.41) is 0. The third-order valence-electron chi connectivity index (χ3n) is 3.82. The summed E-state index contributed by atoms with van der Waals surface area (Å²) in [7, 11) is -3.70. The summed E-state index contributed by atoms with van der Waals surface area (Å²) in [5.41, 5.74) is 5.67. The molecule has 8 nitrogen and oxygen atoms in total. The summed E-state index contributed by atoms with van der Waals surface area (Å²) in [4.78, 5) is 24.6. The number of hydrazine groups is 1. The zero-order valence-corrected chi connectivity index (χ0v) is 16.7. The van der Waals surface area contributed by atoms with Gasteiger partial charge in [-0.05, 0) is 55.8 Å². The molecular weight excluding hydrogens is 382 g/mol. The lowest BCUT2D eigenvalue weighted by atomic mass is 10.1. The molecule has 2 rings (SSSR count). The third kappa shape index (κ3) is 5.30. The molecule has 2 aromatic rings. The van der Waals surface area contributed by atoms with Crippen LogP contribution in [0.2, 0.25) is 0 Å². The molecule has 0 atom stereocenters. The fourth-order valence-corrected chi connectivity index (χ4v) is 3.48. The molecule has 0 saturated heterocycles. The van der Waals surface area contributed by atoms with Crippen LogP contribution in [0, 0.1) is 6.92 Å². The van der Waals surface area contributed by atoms with Crippen LogP contribution in [0.3, 0.4) is 0 Å². The quantitative estimate of drug-likeness (QED) is 0.608. The predicted octanol–water partition coefficient (Wildman–Crippen LogP) is 1.77. The van der Waals surface area contributed by atoms with E-state index in [1.807, 2.05) is 6.92 Å². The van der Waals surface area contributed by atoms with Crippen molar-refractivity contribution in [3.8, 4) is 5.75 Å². The van der Waals surface area contributed by atoms with Gasteiger partial charge in [-0.1, -0.05) is 13.0 Å². The highest BCUT2D eigenvalue weighted by Gasteiger charge is 2.18. The molecule has 0 aliphatic heterocycles. The highest BCUT2D eigenvalue weighted by Crippen LogP contribution is 2.16. The van der Waals surface area contributed by atoms with Gasteiger partial charge in [0.2, 0.25) is 10.0 Å². The van der Waals surface area contributed by atoms with Crippen LogP contribution in [0.4, 0.5) is 0 Å². The zero-order valence-electron chi connectivity index (χ0n) is 15.9. The van der Waals surface area contributed by atoms with E-state index in [0.717, 1.165) is 0 Å². The molecule has 0 heterocycles. The maximum Gasteiger partial charge on any atom is 0.270 e. The molecule has 150 valence electrons. The van der Waals surface area contributed by atoms with E-state index in [-0.39, 0.29) is 17.0 Å². The number of amides is 2. The van der Waals surface area contributed by atoms with E-state index in [4.69, 9.17) is 4.74 Å². The average Bonchev–Trinajstić information content (AvgIpc) is 2.67. The summed E-state index contributed by atoms with van der Waals surface area (Å²) in [6, 6.07) is 10.7. The van der Waals surface area contributed by atoms with Gasteiger partial charge in [-0.15, -0.1) is 0 Å². The summed E-state index contributed by atoms with van der Waals surface area (Å²) in [6.07, 6.45) is 0. The maximum absolute atomic E-state index is 12.4. The highest BCUT2D eigenvalue weighted by molar-refractivity contribution is 7.89. The first kappa shape index (κ1) is 21.4.